The fraction of sp³-hybridized carbons (Fsp3) is 0.0526. The predicted octanol–water partition coefficient (Wildman–Crippen LogP) is 5.04. The summed E-state index contributed by atoms with van der Waals surface area (Å²) in [4.78, 5) is 16.6. The summed E-state index contributed by atoms with van der Waals surface area (Å²) in [5, 5.41) is 6.81. The summed E-state index contributed by atoms with van der Waals surface area (Å²) < 4.78 is 0. The molecule has 120 valence electrons. The normalized spacial score (nSPS) is 10.2. The molecule has 0 bridgehead atoms. The Morgan fingerprint density at radius 3 is 2.58 bits per heavy atom. The largest absolute Gasteiger partial charge is 0.355 e. The lowest BCUT2D eigenvalue weighted by molar-refractivity contribution is 0.102. The Labute approximate surface area is 145 Å². The van der Waals surface area contributed by atoms with Crippen molar-refractivity contribution in [2.45, 2.75) is 6.92 Å². The van der Waals surface area contributed by atoms with Gasteiger partial charge in [-0.3, -0.25) is 9.78 Å². The summed E-state index contributed by atoms with van der Waals surface area (Å²) in [7, 11) is 0. The molecular formula is C19H16ClN3O. The number of benzene rings is 2. The third-order valence-corrected chi connectivity index (χ3v) is 4.04. The number of nitrogens with zero attached hydrogens (tertiary/aromatic N) is 1. The summed E-state index contributed by atoms with van der Waals surface area (Å²) in [6.45, 7) is 1.93. The van der Waals surface area contributed by atoms with Gasteiger partial charge in [0.15, 0.2) is 0 Å². The summed E-state index contributed by atoms with van der Waals surface area (Å²) in [5.74, 6) is -0.203. The lowest BCUT2D eigenvalue weighted by Gasteiger charge is -2.14. The average molecular weight is 338 g/mol. The minimum absolute atomic E-state index is 0.203. The second-order valence-corrected chi connectivity index (χ2v) is 5.69. The molecule has 3 aromatic rings. The second kappa shape index (κ2) is 7.15. The maximum absolute atomic E-state index is 12.6. The molecule has 1 aromatic heterocycles. The number of para-hydroxylation sites is 1. The van der Waals surface area contributed by atoms with E-state index in [-0.39, 0.29) is 5.91 Å². The lowest BCUT2D eigenvalue weighted by Crippen LogP contribution is -2.14. The van der Waals surface area contributed by atoms with Crippen LogP contribution >= 0.6 is 11.6 Å². The van der Waals surface area contributed by atoms with E-state index in [1.165, 1.54) is 0 Å². The van der Waals surface area contributed by atoms with Gasteiger partial charge in [-0.1, -0.05) is 29.8 Å². The molecule has 4 nitrogen and oxygen atoms in total. The molecule has 0 radical (unpaired) electrons. The number of aromatic nitrogens is 1. The van der Waals surface area contributed by atoms with Crippen molar-refractivity contribution in [3.05, 3.63) is 83.1 Å². The molecule has 5 heteroatoms. The Hall–Kier alpha value is -2.85. The highest BCUT2D eigenvalue weighted by atomic mass is 35.5. The standard InChI is InChI=1S/C19H16ClN3O/c1-13-16(20)8-4-10-17(13)23-18-9-3-2-7-15(18)19(24)22-14-6-5-11-21-12-14/h2-12,23H,1H3,(H,22,24). The van der Waals surface area contributed by atoms with Crippen LogP contribution in [-0.2, 0) is 0 Å². The van der Waals surface area contributed by atoms with Crippen LogP contribution in [0.1, 0.15) is 15.9 Å². The van der Waals surface area contributed by atoms with Gasteiger partial charge in [-0.25, -0.2) is 0 Å². The molecule has 0 unspecified atom stereocenters. The number of hydrogen-bond donors (Lipinski definition) is 2. The minimum Gasteiger partial charge on any atom is -0.355 e. The third kappa shape index (κ3) is 3.55. The van der Waals surface area contributed by atoms with Crippen LogP contribution in [0.5, 0.6) is 0 Å². The second-order valence-electron chi connectivity index (χ2n) is 5.28. The van der Waals surface area contributed by atoms with Crippen molar-refractivity contribution in [1.82, 2.24) is 4.98 Å². The molecule has 0 saturated heterocycles. The molecule has 0 fully saturated rings. The number of carbonyl (C=O) groups excluding carboxylic acids is 1. The van der Waals surface area contributed by atoms with Crippen LogP contribution in [0.2, 0.25) is 5.02 Å². The first-order chi connectivity index (χ1) is 11.6. The van der Waals surface area contributed by atoms with Crippen molar-refractivity contribution in [3.63, 3.8) is 0 Å². The van der Waals surface area contributed by atoms with Crippen LogP contribution in [-0.4, -0.2) is 10.9 Å². The number of hydrogen-bond acceptors (Lipinski definition) is 3. The first-order valence-electron chi connectivity index (χ1n) is 7.47. The van der Waals surface area contributed by atoms with Crippen molar-refractivity contribution >= 4 is 34.6 Å². The Morgan fingerprint density at radius 1 is 1.00 bits per heavy atom. The fourth-order valence-electron chi connectivity index (χ4n) is 2.31. The molecule has 24 heavy (non-hydrogen) atoms. The highest BCUT2D eigenvalue weighted by Gasteiger charge is 2.12. The SMILES string of the molecule is Cc1c(Cl)cccc1Nc1ccccc1C(=O)Nc1cccnc1. The Bertz CT molecular complexity index is 865. The number of nitrogens with one attached hydrogen (secondary N) is 2. The average Bonchev–Trinajstić information content (AvgIpc) is 2.60. The van der Waals surface area contributed by atoms with Gasteiger partial charge in [0.05, 0.1) is 23.1 Å². The van der Waals surface area contributed by atoms with E-state index in [1.54, 1.807) is 30.6 Å². The number of halogens is 1. The van der Waals surface area contributed by atoms with Gasteiger partial charge in [-0.2, -0.15) is 0 Å². The van der Waals surface area contributed by atoms with E-state index in [0.717, 1.165) is 11.3 Å². The minimum atomic E-state index is -0.203. The Balaban J connectivity index is 1.88. The van der Waals surface area contributed by atoms with Gasteiger partial charge < -0.3 is 10.6 Å². The summed E-state index contributed by atoms with van der Waals surface area (Å²) in [6.07, 6.45) is 3.27. The summed E-state index contributed by atoms with van der Waals surface area (Å²) in [5.41, 5.74) is 3.70. The van der Waals surface area contributed by atoms with Crippen molar-refractivity contribution in [2.24, 2.45) is 0 Å². The van der Waals surface area contributed by atoms with E-state index in [0.29, 0.717) is 22.0 Å². The van der Waals surface area contributed by atoms with Crippen LogP contribution in [0, 0.1) is 6.92 Å². The van der Waals surface area contributed by atoms with Gasteiger partial charge in [0.1, 0.15) is 0 Å². The molecule has 0 aliphatic rings. The van der Waals surface area contributed by atoms with Crippen LogP contribution in [0.3, 0.4) is 0 Å². The number of anilines is 3. The van der Waals surface area contributed by atoms with Crippen LogP contribution in [0.25, 0.3) is 0 Å². The van der Waals surface area contributed by atoms with Crippen LogP contribution < -0.4 is 10.6 Å². The lowest BCUT2D eigenvalue weighted by atomic mass is 10.1. The summed E-state index contributed by atoms with van der Waals surface area (Å²) >= 11 is 6.16. The quantitative estimate of drug-likeness (QED) is 0.701. The molecule has 0 atom stereocenters. The van der Waals surface area contributed by atoms with E-state index < -0.39 is 0 Å². The number of pyridine rings is 1. The number of amides is 1. The molecule has 1 amide bonds. The van der Waals surface area contributed by atoms with Gasteiger partial charge in [-0.05, 0) is 48.9 Å². The molecular weight excluding hydrogens is 322 g/mol. The van der Waals surface area contributed by atoms with Crippen LogP contribution in [0.4, 0.5) is 17.1 Å². The first-order valence-corrected chi connectivity index (χ1v) is 7.85. The molecule has 0 aliphatic carbocycles. The first kappa shape index (κ1) is 16.0. The molecule has 0 aliphatic heterocycles. The van der Waals surface area contributed by atoms with Crippen molar-refractivity contribution in [1.29, 1.82) is 0 Å². The molecule has 0 saturated carbocycles. The maximum Gasteiger partial charge on any atom is 0.257 e. The molecule has 2 N–H and O–H groups in total. The molecule has 1 heterocycles. The Morgan fingerprint density at radius 2 is 1.79 bits per heavy atom. The number of carbonyl (C=O) groups is 1. The van der Waals surface area contributed by atoms with Gasteiger partial charge in [0.2, 0.25) is 0 Å². The molecule has 2 aromatic carbocycles. The van der Waals surface area contributed by atoms with Gasteiger partial charge in [0.25, 0.3) is 5.91 Å². The fourth-order valence-corrected chi connectivity index (χ4v) is 2.49. The third-order valence-electron chi connectivity index (χ3n) is 3.63. The van der Waals surface area contributed by atoms with E-state index in [1.807, 2.05) is 43.3 Å². The van der Waals surface area contributed by atoms with E-state index in [4.69, 9.17) is 11.6 Å². The van der Waals surface area contributed by atoms with E-state index in [9.17, 15) is 4.79 Å². The molecule has 0 spiro atoms. The van der Waals surface area contributed by atoms with Crippen molar-refractivity contribution in [2.75, 3.05) is 10.6 Å². The summed E-state index contributed by atoms with van der Waals surface area (Å²) in [6, 6.07) is 16.5. The predicted molar refractivity (Wildman–Crippen MR) is 98.1 cm³/mol. The highest BCUT2D eigenvalue weighted by molar-refractivity contribution is 6.31. The zero-order valence-corrected chi connectivity index (χ0v) is 13.8. The van der Waals surface area contributed by atoms with E-state index in [2.05, 4.69) is 15.6 Å². The van der Waals surface area contributed by atoms with Crippen molar-refractivity contribution < 1.29 is 4.79 Å². The molecule has 3 rings (SSSR count). The van der Waals surface area contributed by atoms with E-state index >= 15 is 0 Å². The zero-order valence-electron chi connectivity index (χ0n) is 13.1. The smallest absolute Gasteiger partial charge is 0.257 e. The number of rotatable bonds is 4. The Kier molecular flexibility index (Phi) is 4.77. The van der Waals surface area contributed by atoms with Gasteiger partial charge in [-0.15, -0.1) is 0 Å². The highest BCUT2D eigenvalue weighted by Crippen LogP contribution is 2.28. The maximum atomic E-state index is 12.6. The van der Waals surface area contributed by atoms with Crippen molar-refractivity contribution in [3.8, 4) is 0 Å². The zero-order chi connectivity index (χ0) is 16.9. The monoisotopic (exact) mass is 337 g/mol. The van der Waals surface area contributed by atoms with Gasteiger partial charge >= 0.3 is 0 Å². The topological polar surface area (TPSA) is 54.0 Å². The van der Waals surface area contributed by atoms with Crippen LogP contribution in [0.15, 0.2) is 67.0 Å². The van der Waals surface area contributed by atoms with Gasteiger partial charge in [0, 0.05) is 16.9 Å².